The molecule has 0 bridgehead atoms. The largest absolute Gasteiger partial charge is 0.598 e. The Bertz CT molecular complexity index is 703. The second-order valence-corrected chi connectivity index (χ2v) is 9.03. The van der Waals surface area contributed by atoms with Gasteiger partial charge in [-0.05, 0) is 45.4 Å². The van der Waals surface area contributed by atoms with Crippen molar-refractivity contribution in [2.24, 2.45) is 0 Å². The van der Waals surface area contributed by atoms with E-state index in [0.29, 0.717) is 5.56 Å². The second kappa shape index (κ2) is 7.83. The van der Waals surface area contributed by atoms with Gasteiger partial charge in [-0.2, -0.15) is 0 Å². The molecule has 1 aromatic carbocycles. The van der Waals surface area contributed by atoms with Crippen LogP contribution >= 0.6 is 0 Å². The lowest BCUT2D eigenvalue weighted by atomic mass is 9.83. The summed E-state index contributed by atoms with van der Waals surface area (Å²) in [4.78, 5) is 4.22. The quantitative estimate of drug-likeness (QED) is 0.773. The molecule has 1 aromatic heterocycles. The Morgan fingerprint density at radius 2 is 1.84 bits per heavy atom. The van der Waals surface area contributed by atoms with Gasteiger partial charge in [0.15, 0.2) is 0 Å². The van der Waals surface area contributed by atoms with Crippen LogP contribution in [0, 0.1) is 12.7 Å². The first kappa shape index (κ1) is 19.8. The summed E-state index contributed by atoms with van der Waals surface area (Å²) in [6.07, 6.45) is 1.65. The molecule has 25 heavy (non-hydrogen) atoms. The first-order chi connectivity index (χ1) is 11.7. The minimum absolute atomic E-state index is 0.130. The fourth-order valence-electron chi connectivity index (χ4n) is 2.57. The molecule has 0 unspecified atom stereocenters. The van der Waals surface area contributed by atoms with Gasteiger partial charge < -0.3 is 9.66 Å². The van der Waals surface area contributed by atoms with Crippen LogP contribution in [0.3, 0.4) is 0 Å². The maximum absolute atomic E-state index is 14.6. The zero-order valence-electron chi connectivity index (χ0n) is 15.0. The predicted molar refractivity (Wildman–Crippen MR) is 98.9 cm³/mol. The van der Waals surface area contributed by atoms with E-state index in [2.05, 4.69) is 9.71 Å². The van der Waals surface area contributed by atoms with Gasteiger partial charge >= 0.3 is 0 Å². The number of rotatable bonds is 6. The van der Waals surface area contributed by atoms with Gasteiger partial charge in [-0.3, -0.25) is 4.98 Å². The van der Waals surface area contributed by atoms with Crippen molar-refractivity contribution in [3.05, 3.63) is 65.2 Å². The van der Waals surface area contributed by atoms with Gasteiger partial charge in [0.05, 0.1) is 0 Å². The number of aliphatic hydroxyl groups excluding tert-OH is 1. The maximum atomic E-state index is 14.6. The Morgan fingerprint density at radius 3 is 2.36 bits per heavy atom. The number of nitrogens with one attached hydrogen (secondary N) is 1. The molecule has 0 spiro atoms. The summed E-state index contributed by atoms with van der Waals surface area (Å²) in [5.41, 5.74) is 0.708. The molecule has 0 amide bonds. The monoisotopic (exact) mass is 364 g/mol. The number of hydrogen-bond acceptors (Lipinski definition) is 4. The van der Waals surface area contributed by atoms with Crippen molar-refractivity contribution < 1.29 is 14.0 Å². The number of hydrogen-bond donors (Lipinski definition) is 2. The molecule has 4 nitrogen and oxygen atoms in total. The Labute approximate surface area is 151 Å². The maximum Gasteiger partial charge on any atom is 0.147 e. The molecule has 2 N–H and O–H groups in total. The highest BCUT2D eigenvalue weighted by Crippen LogP contribution is 2.35. The van der Waals surface area contributed by atoms with E-state index in [9.17, 15) is 14.0 Å². The van der Waals surface area contributed by atoms with Gasteiger partial charge in [0.25, 0.3) is 0 Å². The number of aromatic nitrogens is 1. The summed E-state index contributed by atoms with van der Waals surface area (Å²) in [5, 5.41) is 9.70. The SMILES string of the molecule is Cc1ccc([C@](CCO)(N[S@+]([O-])C(C)(C)C)c2ncccc2F)cc1. The van der Waals surface area contributed by atoms with E-state index in [-0.39, 0.29) is 18.7 Å². The van der Waals surface area contributed by atoms with Crippen molar-refractivity contribution in [3.63, 3.8) is 0 Å². The standard InChI is InChI=1S/C19H25FN2O2S/c1-14-7-9-15(10-8-14)19(11-13-23,22-25(24)18(2,3)4)17-16(20)6-5-12-21-17/h5-10,12,22-23H,11,13H2,1-4H3/t19-,25+/m0/s1. The molecule has 0 aliphatic carbocycles. The molecule has 6 heteroatoms. The average Bonchev–Trinajstić information content (AvgIpc) is 2.54. The Morgan fingerprint density at radius 1 is 1.20 bits per heavy atom. The van der Waals surface area contributed by atoms with Crippen molar-refractivity contribution >= 4 is 11.4 Å². The fourth-order valence-corrected chi connectivity index (χ4v) is 3.51. The molecule has 0 aliphatic rings. The molecule has 2 atom stereocenters. The first-order valence-corrected chi connectivity index (χ1v) is 9.34. The van der Waals surface area contributed by atoms with E-state index >= 15 is 0 Å². The third kappa shape index (κ3) is 4.39. The molecule has 136 valence electrons. The van der Waals surface area contributed by atoms with Gasteiger partial charge in [0.2, 0.25) is 0 Å². The number of pyridine rings is 1. The van der Waals surface area contributed by atoms with Crippen LogP contribution in [0.4, 0.5) is 4.39 Å². The van der Waals surface area contributed by atoms with Gasteiger partial charge in [-0.15, -0.1) is 4.72 Å². The summed E-state index contributed by atoms with van der Waals surface area (Å²) in [6.45, 7) is 7.26. The molecule has 2 rings (SSSR count). The van der Waals surface area contributed by atoms with Crippen LogP contribution < -0.4 is 4.72 Å². The molecule has 0 aliphatic heterocycles. The normalized spacial score (nSPS) is 15.6. The van der Waals surface area contributed by atoms with E-state index in [0.717, 1.165) is 5.56 Å². The highest BCUT2D eigenvalue weighted by Gasteiger charge is 2.44. The van der Waals surface area contributed by atoms with Crippen LogP contribution in [0.1, 0.15) is 44.0 Å². The Balaban J connectivity index is 2.66. The third-order valence-corrected chi connectivity index (χ3v) is 5.66. The summed E-state index contributed by atoms with van der Waals surface area (Å²) >= 11 is -1.49. The number of nitrogens with zero attached hydrogens (tertiary/aromatic N) is 1. The van der Waals surface area contributed by atoms with Gasteiger partial charge in [-0.25, -0.2) is 4.39 Å². The van der Waals surface area contributed by atoms with E-state index in [4.69, 9.17) is 0 Å². The number of benzene rings is 1. The zero-order chi connectivity index (χ0) is 18.7. The number of aryl methyl sites for hydroxylation is 1. The minimum Gasteiger partial charge on any atom is -0.598 e. The summed E-state index contributed by atoms with van der Waals surface area (Å²) < 4.78 is 30.0. The van der Waals surface area contributed by atoms with E-state index < -0.39 is 27.5 Å². The van der Waals surface area contributed by atoms with E-state index in [1.54, 1.807) is 0 Å². The minimum atomic E-state index is -1.49. The molecule has 1 heterocycles. The van der Waals surface area contributed by atoms with Crippen molar-refractivity contribution in [1.82, 2.24) is 9.71 Å². The van der Waals surface area contributed by atoms with Crippen LogP contribution in [0.5, 0.6) is 0 Å². The Hall–Kier alpha value is -1.47. The first-order valence-electron chi connectivity index (χ1n) is 8.19. The predicted octanol–water partition coefficient (Wildman–Crippen LogP) is 3.21. The highest BCUT2D eigenvalue weighted by molar-refractivity contribution is 7.90. The van der Waals surface area contributed by atoms with Crippen molar-refractivity contribution in [3.8, 4) is 0 Å². The van der Waals surface area contributed by atoms with Gasteiger partial charge in [0, 0.05) is 30.6 Å². The number of halogens is 1. The lowest BCUT2D eigenvalue weighted by molar-refractivity contribution is 0.241. The van der Waals surface area contributed by atoms with E-state index in [1.165, 1.54) is 18.3 Å². The fraction of sp³-hybridized carbons (Fsp3) is 0.421. The van der Waals surface area contributed by atoms with Crippen LogP contribution in [0.2, 0.25) is 0 Å². The average molecular weight is 364 g/mol. The topological polar surface area (TPSA) is 68.2 Å². The lowest BCUT2D eigenvalue weighted by Gasteiger charge is -2.37. The van der Waals surface area contributed by atoms with Crippen molar-refractivity contribution in [2.75, 3.05) is 6.61 Å². The van der Waals surface area contributed by atoms with E-state index in [1.807, 2.05) is 52.0 Å². The summed E-state index contributed by atoms with van der Waals surface area (Å²) in [5.74, 6) is -0.505. The molecule has 0 radical (unpaired) electrons. The highest BCUT2D eigenvalue weighted by atomic mass is 32.2. The van der Waals surface area contributed by atoms with Gasteiger partial charge in [-0.1, -0.05) is 29.8 Å². The molecular formula is C19H25FN2O2S. The van der Waals surface area contributed by atoms with Crippen molar-refractivity contribution in [1.29, 1.82) is 0 Å². The second-order valence-electron chi connectivity index (χ2n) is 7.06. The third-order valence-electron chi connectivity index (χ3n) is 4.02. The van der Waals surface area contributed by atoms with Crippen molar-refractivity contribution in [2.45, 2.75) is 44.4 Å². The summed E-state index contributed by atoms with van der Waals surface area (Å²) in [6, 6.07) is 10.4. The molecule has 2 aromatic rings. The molecular weight excluding hydrogens is 339 g/mol. The van der Waals surface area contributed by atoms with Gasteiger partial charge in [0.1, 0.15) is 21.8 Å². The summed E-state index contributed by atoms with van der Waals surface area (Å²) in [7, 11) is 0. The molecule has 0 saturated heterocycles. The molecule has 0 fully saturated rings. The van der Waals surface area contributed by atoms with Crippen LogP contribution in [0.25, 0.3) is 0 Å². The number of aliphatic hydroxyl groups is 1. The van der Waals surface area contributed by atoms with Crippen LogP contribution in [-0.2, 0) is 16.9 Å². The Kier molecular flexibility index (Phi) is 6.21. The lowest BCUT2D eigenvalue weighted by Crippen LogP contribution is -2.53. The molecule has 0 saturated carbocycles. The zero-order valence-corrected chi connectivity index (χ0v) is 15.9. The smallest absolute Gasteiger partial charge is 0.147 e. The van der Waals surface area contributed by atoms with Crippen LogP contribution in [0.15, 0.2) is 42.6 Å². The van der Waals surface area contributed by atoms with Crippen LogP contribution in [-0.4, -0.2) is 26.0 Å².